The average molecular weight is 807 g/mol. The van der Waals surface area contributed by atoms with Crippen LogP contribution in [0.5, 0.6) is 0 Å². The van der Waals surface area contributed by atoms with Crippen LogP contribution in [0.4, 0.5) is 0 Å². The fourth-order valence-electron chi connectivity index (χ4n) is 9.22. The molecule has 4 heteroatoms. The number of aromatic nitrogens is 3. The van der Waals surface area contributed by atoms with Crippen molar-refractivity contribution in [1.29, 1.82) is 0 Å². The Balaban J connectivity index is 1.32. The molecule has 274 valence electrons. The Morgan fingerprint density at radius 3 is 1.79 bits per heavy atom. The molecule has 0 N–H and O–H groups in total. The first kappa shape index (κ1) is 34.5. The topological polar surface area (TPSA) is 38.7 Å². The third-order valence-electron chi connectivity index (χ3n) is 12.0. The molecule has 58 heavy (non-hydrogen) atoms. The number of aryl methyl sites for hydroxylation is 1. The second kappa shape index (κ2) is 14.0. The molecule has 2 aromatic heterocycles. The van der Waals surface area contributed by atoms with Gasteiger partial charge in [-0.2, -0.15) is 0 Å². The van der Waals surface area contributed by atoms with E-state index in [2.05, 4.69) is 189 Å². The maximum absolute atomic E-state index is 4.98. The molecule has 0 saturated heterocycles. The molecule has 0 bridgehead atoms. The van der Waals surface area contributed by atoms with Crippen molar-refractivity contribution >= 4 is 33.8 Å². The Hall–Kier alpha value is -6.71. The van der Waals surface area contributed by atoms with Gasteiger partial charge in [0, 0.05) is 0 Å². The summed E-state index contributed by atoms with van der Waals surface area (Å²) >= 11 is 0.129. The van der Waals surface area contributed by atoms with Gasteiger partial charge < -0.3 is 0 Å². The predicted molar refractivity (Wildman–Crippen MR) is 242 cm³/mol. The Labute approximate surface area is 344 Å². The SMILES string of the molecule is Cc1cc2c(c(-c3c(-c4ccccc4)cc4[se]c5ccccc5c4c3-c3ccccc3-c3nnnc(-c4ccccc4)c3-c3ccccc3)c1C)Cc1ccccc1-2. The summed E-state index contributed by atoms with van der Waals surface area (Å²) in [7, 11) is 0. The van der Waals surface area contributed by atoms with Crippen molar-refractivity contribution in [3.63, 3.8) is 0 Å². The average Bonchev–Trinajstić information content (AvgIpc) is 3.85. The van der Waals surface area contributed by atoms with Crippen molar-refractivity contribution in [2.45, 2.75) is 20.3 Å². The quantitative estimate of drug-likeness (QED) is 0.157. The van der Waals surface area contributed by atoms with Crippen LogP contribution in [0.1, 0.15) is 22.3 Å². The van der Waals surface area contributed by atoms with E-state index >= 15 is 0 Å². The third-order valence-corrected chi connectivity index (χ3v) is 14.3. The van der Waals surface area contributed by atoms with Crippen LogP contribution >= 0.6 is 0 Å². The Morgan fingerprint density at radius 2 is 1.03 bits per heavy atom. The van der Waals surface area contributed by atoms with Crippen LogP contribution in [0.25, 0.3) is 97.4 Å². The fourth-order valence-corrected chi connectivity index (χ4v) is 11.6. The first-order valence-corrected chi connectivity index (χ1v) is 21.5. The van der Waals surface area contributed by atoms with Crippen LogP contribution in [0.15, 0.2) is 176 Å². The van der Waals surface area contributed by atoms with Crippen molar-refractivity contribution in [2.24, 2.45) is 0 Å². The molecule has 0 atom stereocenters. The third kappa shape index (κ3) is 5.52. The summed E-state index contributed by atoms with van der Waals surface area (Å²) in [6, 6.07) is 63.8. The van der Waals surface area contributed by atoms with Crippen LogP contribution in [-0.4, -0.2) is 29.9 Å². The van der Waals surface area contributed by atoms with E-state index in [1.807, 2.05) is 6.07 Å². The molecule has 0 unspecified atom stereocenters. The molecule has 8 aromatic carbocycles. The zero-order valence-electron chi connectivity index (χ0n) is 32.2. The summed E-state index contributed by atoms with van der Waals surface area (Å²) < 4.78 is 2.82. The van der Waals surface area contributed by atoms with Gasteiger partial charge in [0.1, 0.15) is 0 Å². The number of fused-ring (bicyclic) bond motifs is 6. The van der Waals surface area contributed by atoms with Gasteiger partial charge in [-0.05, 0) is 0 Å². The van der Waals surface area contributed by atoms with E-state index in [0.717, 1.165) is 45.6 Å². The summed E-state index contributed by atoms with van der Waals surface area (Å²) in [6.07, 6.45) is 0.892. The summed E-state index contributed by atoms with van der Waals surface area (Å²) in [6.45, 7) is 4.61. The molecule has 1 aliphatic carbocycles. The summed E-state index contributed by atoms with van der Waals surface area (Å²) in [4.78, 5) is 0. The Bertz CT molecular complexity index is 3200. The monoisotopic (exact) mass is 807 g/mol. The minimum atomic E-state index is 0.129. The Morgan fingerprint density at radius 1 is 0.431 bits per heavy atom. The van der Waals surface area contributed by atoms with Crippen molar-refractivity contribution in [2.75, 3.05) is 0 Å². The molecule has 0 amide bonds. The van der Waals surface area contributed by atoms with E-state index in [4.69, 9.17) is 10.2 Å². The number of benzene rings is 8. The molecule has 0 saturated carbocycles. The second-order valence-electron chi connectivity index (χ2n) is 15.2. The van der Waals surface area contributed by atoms with Crippen LogP contribution in [-0.2, 0) is 6.42 Å². The van der Waals surface area contributed by atoms with E-state index in [0.29, 0.717) is 0 Å². The number of hydrogen-bond donors (Lipinski definition) is 0. The number of nitrogens with zero attached hydrogens (tertiary/aromatic N) is 3. The van der Waals surface area contributed by atoms with Crippen LogP contribution in [0.3, 0.4) is 0 Å². The van der Waals surface area contributed by atoms with Gasteiger partial charge in [0.15, 0.2) is 0 Å². The zero-order valence-corrected chi connectivity index (χ0v) is 33.9. The molecule has 0 aliphatic heterocycles. The van der Waals surface area contributed by atoms with E-state index in [-0.39, 0.29) is 14.5 Å². The molecular weight excluding hydrogens is 770 g/mol. The van der Waals surface area contributed by atoms with Crippen LogP contribution in [0.2, 0.25) is 0 Å². The normalized spacial score (nSPS) is 11.9. The summed E-state index contributed by atoms with van der Waals surface area (Å²) in [5, 5.41) is 16.9. The van der Waals surface area contributed by atoms with Gasteiger partial charge in [0.25, 0.3) is 0 Å². The molecule has 1 aliphatic rings. The standard InChI is InChI=1S/C54H37N3Se/c1-33-30-44-39-25-13-12-24-38(39)31-45(44)48(34(33)2)52-43(35-18-6-3-7-19-35)32-47-50(42-28-16-17-29-46(42)58-47)51(52)40-26-14-15-27-41(40)54-49(36-20-8-4-9-21-36)53(55-57-56-54)37-22-10-5-11-23-37/h3-30,32H,31H2,1-2H3. The van der Waals surface area contributed by atoms with Gasteiger partial charge >= 0.3 is 346 Å². The van der Waals surface area contributed by atoms with E-state index in [1.54, 1.807) is 0 Å². The van der Waals surface area contributed by atoms with Gasteiger partial charge in [0.05, 0.1) is 0 Å². The number of rotatable bonds is 6. The van der Waals surface area contributed by atoms with Gasteiger partial charge in [-0.3, -0.25) is 0 Å². The first-order valence-electron chi connectivity index (χ1n) is 19.8. The van der Waals surface area contributed by atoms with Crippen molar-refractivity contribution in [1.82, 2.24) is 15.4 Å². The molecule has 0 radical (unpaired) electrons. The van der Waals surface area contributed by atoms with E-state index in [9.17, 15) is 0 Å². The van der Waals surface area contributed by atoms with Crippen LogP contribution in [0, 0.1) is 13.8 Å². The van der Waals surface area contributed by atoms with Gasteiger partial charge in [-0.25, -0.2) is 0 Å². The zero-order chi connectivity index (χ0) is 38.7. The van der Waals surface area contributed by atoms with Gasteiger partial charge in [0.2, 0.25) is 0 Å². The minimum absolute atomic E-state index is 0.129. The fraction of sp³-hybridized carbons (Fsp3) is 0.0556. The van der Waals surface area contributed by atoms with Crippen molar-refractivity contribution in [3.05, 3.63) is 198 Å². The van der Waals surface area contributed by atoms with E-state index < -0.39 is 0 Å². The summed E-state index contributed by atoms with van der Waals surface area (Å²) in [5.74, 6) is 0. The second-order valence-corrected chi connectivity index (χ2v) is 17.5. The van der Waals surface area contributed by atoms with Crippen molar-refractivity contribution in [3.8, 4) is 78.1 Å². The van der Waals surface area contributed by atoms with Gasteiger partial charge in [-0.15, -0.1) is 0 Å². The molecule has 3 nitrogen and oxygen atoms in total. The van der Waals surface area contributed by atoms with E-state index in [1.165, 1.54) is 80.5 Å². The van der Waals surface area contributed by atoms with Crippen LogP contribution < -0.4 is 0 Å². The molecule has 11 rings (SSSR count). The first-order chi connectivity index (χ1) is 28.6. The Kier molecular flexibility index (Phi) is 8.36. The van der Waals surface area contributed by atoms with Crippen molar-refractivity contribution < 1.29 is 0 Å². The molecular formula is C54H37N3Se. The molecule has 2 heterocycles. The molecule has 0 fully saturated rings. The van der Waals surface area contributed by atoms with Gasteiger partial charge in [-0.1, -0.05) is 0 Å². The number of hydrogen-bond acceptors (Lipinski definition) is 3. The molecule has 10 aromatic rings. The maximum atomic E-state index is 4.98. The summed E-state index contributed by atoms with van der Waals surface area (Å²) in [5.41, 5.74) is 21.3. The molecule has 0 spiro atoms. The predicted octanol–water partition coefficient (Wildman–Crippen LogP) is 13.4.